The van der Waals surface area contributed by atoms with Crippen LogP contribution in [0.4, 0.5) is 0 Å². The molecule has 2 rings (SSSR count). The van der Waals surface area contributed by atoms with Gasteiger partial charge in [-0.2, -0.15) is 0 Å². The molecule has 0 bridgehead atoms. The predicted octanol–water partition coefficient (Wildman–Crippen LogP) is 1.81. The zero-order valence-electron chi connectivity index (χ0n) is 10.9. The van der Waals surface area contributed by atoms with Crippen molar-refractivity contribution in [2.75, 3.05) is 6.54 Å². The first-order chi connectivity index (χ1) is 8.20. The normalized spacial score (nSPS) is 35.1. The van der Waals surface area contributed by atoms with E-state index in [9.17, 15) is 4.79 Å². The standard InChI is InChI=1S/C13H23N3O/c1-3-9-14-12-15-11(17)13(16-12)7-5-10(4-2)6-8-13/h10H,3-9H2,1-2H3,(H2,14,15,16,17). The van der Waals surface area contributed by atoms with Crippen molar-refractivity contribution in [1.29, 1.82) is 0 Å². The van der Waals surface area contributed by atoms with Gasteiger partial charge in [-0.15, -0.1) is 0 Å². The van der Waals surface area contributed by atoms with Gasteiger partial charge in [-0.3, -0.25) is 15.1 Å². The summed E-state index contributed by atoms with van der Waals surface area (Å²) in [5.74, 6) is 1.61. The highest BCUT2D eigenvalue weighted by molar-refractivity contribution is 6.09. The summed E-state index contributed by atoms with van der Waals surface area (Å²) in [4.78, 5) is 16.4. The smallest absolute Gasteiger partial charge is 0.252 e. The van der Waals surface area contributed by atoms with E-state index in [1.54, 1.807) is 0 Å². The van der Waals surface area contributed by atoms with E-state index in [-0.39, 0.29) is 11.4 Å². The van der Waals surface area contributed by atoms with E-state index in [1.807, 2.05) is 0 Å². The van der Waals surface area contributed by atoms with Crippen LogP contribution in [0.5, 0.6) is 0 Å². The van der Waals surface area contributed by atoms with E-state index in [0.29, 0.717) is 5.96 Å². The Morgan fingerprint density at radius 3 is 2.65 bits per heavy atom. The minimum atomic E-state index is -0.349. The number of hydrogen-bond donors (Lipinski definition) is 2. The fourth-order valence-corrected chi connectivity index (χ4v) is 2.78. The molecule has 2 aliphatic rings. The molecule has 0 atom stereocenters. The first-order valence-electron chi connectivity index (χ1n) is 6.84. The van der Waals surface area contributed by atoms with E-state index in [2.05, 4.69) is 29.5 Å². The second kappa shape index (κ2) is 5.07. The Kier molecular flexibility index (Phi) is 3.69. The van der Waals surface area contributed by atoms with Gasteiger partial charge in [0.2, 0.25) is 0 Å². The predicted molar refractivity (Wildman–Crippen MR) is 68.9 cm³/mol. The second-order valence-corrected chi connectivity index (χ2v) is 5.24. The summed E-state index contributed by atoms with van der Waals surface area (Å²) in [5.41, 5.74) is -0.349. The fraction of sp³-hybridized carbons (Fsp3) is 0.846. The summed E-state index contributed by atoms with van der Waals surface area (Å²) in [6.07, 6.45) is 6.43. The summed E-state index contributed by atoms with van der Waals surface area (Å²) in [6.45, 7) is 5.10. The molecule has 1 aliphatic heterocycles. The molecule has 1 saturated carbocycles. The van der Waals surface area contributed by atoms with Gasteiger partial charge in [-0.1, -0.05) is 20.3 Å². The number of amides is 1. The van der Waals surface area contributed by atoms with E-state index in [0.717, 1.165) is 44.6 Å². The second-order valence-electron chi connectivity index (χ2n) is 5.24. The van der Waals surface area contributed by atoms with Gasteiger partial charge in [0.15, 0.2) is 5.96 Å². The summed E-state index contributed by atoms with van der Waals surface area (Å²) < 4.78 is 0. The van der Waals surface area contributed by atoms with Crippen LogP contribution in [-0.2, 0) is 4.79 Å². The number of guanidine groups is 1. The van der Waals surface area contributed by atoms with E-state index in [1.165, 1.54) is 6.42 Å². The van der Waals surface area contributed by atoms with Gasteiger partial charge in [-0.25, -0.2) is 0 Å². The van der Waals surface area contributed by atoms with Gasteiger partial charge in [0.1, 0.15) is 5.54 Å². The third kappa shape index (κ3) is 2.45. The van der Waals surface area contributed by atoms with Crippen molar-refractivity contribution < 1.29 is 4.79 Å². The van der Waals surface area contributed by atoms with Crippen LogP contribution in [0.1, 0.15) is 52.4 Å². The van der Waals surface area contributed by atoms with Crippen LogP contribution in [0.2, 0.25) is 0 Å². The lowest BCUT2D eigenvalue weighted by atomic mass is 9.76. The summed E-state index contributed by atoms with van der Waals surface area (Å²) in [7, 11) is 0. The van der Waals surface area contributed by atoms with E-state index < -0.39 is 0 Å². The van der Waals surface area contributed by atoms with Crippen LogP contribution < -0.4 is 10.6 Å². The number of carbonyl (C=O) groups excluding carboxylic acids is 1. The summed E-state index contributed by atoms with van der Waals surface area (Å²) in [5, 5.41) is 6.21. The summed E-state index contributed by atoms with van der Waals surface area (Å²) >= 11 is 0. The van der Waals surface area contributed by atoms with Crippen molar-refractivity contribution in [2.24, 2.45) is 10.9 Å². The molecule has 96 valence electrons. The molecule has 0 aromatic rings. The average Bonchev–Trinajstić information content (AvgIpc) is 2.65. The van der Waals surface area contributed by atoms with Crippen LogP contribution in [0.15, 0.2) is 4.99 Å². The van der Waals surface area contributed by atoms with E-state index in [4.69, 9.17) is 0 Å². The number of hydrogen-bond acceptors (Lipinski definition) is 2. The first kappa shape index (κ1) is 12.4. The molecular formula is C13H23N3O. The maximum Gasteiger partial charge on any atom is 0.252 e. The Morgan fingerprint density at radius 1 is 1.35 bits per heavy atom. The van der Waals surface area contributed by atoms with Crippen molar-refractivity contribution >= 4 is 11.9 Å². The molecule has 0 aromatic heterocycles. The van der Waals surface area contributed by atoms with Crippen molar-refractivity contribution in [3.63, 3.8) is 0 Å². The topological polar surface area (TPSA) is 53.5 Å². The maximum atomic E-state index is 12.1. The Labute approximate surface area is 103 Å². The van der Waals surface area contributed by atoms with Crippen molar-refractivity contribution in [3.05, 3.63) is 0 Å². The van der Waals surface area contributed by atoms with E-state index >= 15 is 0 Å². The highest BCUT2D eigenvalue weighted by Crippen LogP contribution is 2.35. The lowest BCUT2D eigenvalue weighted by molar-refractivity contribution is -0.125. The van der Waals surface area contributed by atoms with Crippen LogP contribution in [0, 0.1) is 5.92 Å². The SMILES string of the molecule is CCCN=C1NC(=O)C2(CCC(CC)CC2)N1. The van der Waals surface area contributed by atoms with Crippen molar-refractivity contribution in [1.82, 2.24) is 10.6 Å². The largest absolute Gasteiger partial charge is 0.342 e. The first-order valence-corrected chi connectivity index (χ1v) is 6.84. The number of nitrogens with one attached hydrogen (secondary N) is 2. The molecule has 0 aromatic carbocycles. The van der Waals surface area contributed by atoms with Gasteiger partial charge in [0.25, 0.3) is 5.91 Å². The van der Waals surface area contributed by atoms with Gasteiger partial charge in [0.05, 0.1) is 0 Å². The Balaban J connectivity index is 2.00. The molecule has 2 N–H and O–H groups in total. The number of aliphatic imine (C=N–C) groups is 1. The number of nitrogens with zero attached hydrogens (tertiary/aromatic N) is 1. The quantitative estimate of drug-likeness (QED) is 0.786. The molecule has 1 saturated heterocycles. The number of carbonyl (C=O) groups is 1. The molecule has 4 nitrogen and oxygen atoms in total. The molecule has 1 amide bonds. The van der Waals surface area contributed by atoms with Gasteiger partial charge >= 0.3 is 0 Å². The molecule has 1 spiro atoms. The molecule has 4 heteroatoms. The highest BCUT2D eigenvalue weighted by Gasteiger charge is 2.46. The van der Waals surface area contributed by atoms with Crippen molar-refractivity contribution in [3.8, 4) is 0 Å². The third-order valence-electron chi connectivity index (χ3n) is 4.05. The zero-order chi connectivity index (χ0) is 12.3. The molecule has 0 radical (unpaired) electrons. The molecule has 1 heterocycles. The Morgan fingerprint density at radius 2 is 2.06 bits per heavy atom. The Hall–Kier alpha value is -1.06. The Bertz CT molecular complexity index is 317. The van der Waals surface area contributed by atoms with Crippen LogP contribution in [0.3, 0.4) is 0 Å². The third-order valence-corrected chi connectivity index (χ3v) is 4.05. The molecule has 0 unspecified atom stereocenters. The maximum absolute atomic E-state index is 12.1. The van der Waals surface area contributed by atoms with Crippen LogP contribution >= 0.6 is 0 Å². The lowest BCUT2D eigenvalue weighted by Gasteiger charge is -2.34. The van der Waals surface area contributed by atoms with Crippen LogP contribution in [-0.4, -0.2) is 24.0 Å². The van der Waals surface area contributed by atoms with Gasteiger partial charge in [-0.05, 0) is 38.0 Å². The molecule has 1 aliphatic carbocycles. The molecule has 17 heavy (non-hydrogen) atoms. The van der Waals surface area contributed by atoms with Crippen LogP contribution in [0.25, 0.3) is 0 Å². The van der Waals surface area contributed by atoms with Crippen molar-refractivity contribution in [2.45, 2.75) is 57.9 Å². The minimum absolute atomic E-state index is 0.127. The van der Waals surface area contributed by atoms with Gasteiger partial charge in [0, 0.05) is 6.54 Å². The molecular weight excluding hydrogens is 214 g/mol. The highest BCUT2D eigenvalue weighted by atomic mass is 16.2. The monoisotopic (exact) mass is 237 g/mol. The fourth-order valence-electron chi connectivity index (χ4n) is 2.78. The lowest BCUT2D eigenvalue weighted by Crippen LogP contribution is -2.49. The zero-order valence-corrected chi connectivity index (χ0v) is 10.9. The number of rotatable bonds is 3. The summed E-state index contributed by atoms with van der Waals surface area (Å²) in [6, 6.07) is 0. The van der Waals surface area contributed by atoms with Gasteiger partial charge < -0.3 is 5.32 Å². The molecule has 2 fully saturated rings. The minimum Gasteiger partial charge on any atom is -0.342 e. The average molecular weight is 237 g/mol.